The molecule has 0 aromatic heterocycles. The van der Waals surface area contributed by atoms with Crippen LogP contribution < -0.4 is 4.74 Å². The summed E-state index contributed by atoms with van der Waals surface area (Å²) >= 11 is 0. The van der Waals surface area contributed by atoms with E-state index in [0.29, 0.717) is 13.0 Å². The van der Waals surface area contributed by atoms with Crippen LogP contribution in [0.3, 0.4) is 0 Å². The molecule has 0 heterocycles. The molecular formula is C10H14O2. The van der Waals surface area contributed by atoms with E-state index in [-0.39, 0.29) is 6.61 Å². The fourth-order valence-corrected chi connectivity index (χ4v) is 0.965. The average molecular weight is 166 g/mol. The highest BCUT2D eigenvalue weighted by molar-refractivity contribution is 5.31. The third-order valence-corrected chi connectivity index (χ3v) is 1.65. The second-order valence-electron chi connectivity index (χ2n) is 2.69. The van der Waals surface area contributed by atoms with Crippen molar-refractivity contribution in [3.05, 3.63) is 29.8 Å². The Morgan fingerprint density at radius 3 is 2.75 bits per heavy atom. The maximum atomic E-state index is 8.53. The molecule has 12 heavy (non-hydrogen) atoms. The topological polar surface area (TPSA) is 29.5 Å². The maximum Gasteiger partial charge on any atom is 0.122 e. The zero-order chi connectivity index (χ0) is 8.81. The molecular weight excluding hydrogens is 152 g/mol. The van der Waals surface area contributed by atoms with Gasteiger partial charge in [0.2, 0.25) is 0 Å². The Morgan fingerprint density at radius 1 is 1.33 bits per heavy atom. The first-order chi connectivity index (χ1) is 5.84. The van der Waals surface area contributed by atoms with Gasteiger partial charge in [0, 0.05) is 13.0 Å². The minimum absolute atomic E-state index is 0.186. The van der Waals surface area contributed by atoms with Gasteiger partial charge in [-0.15, -0.1) is 0 Å². The van der Waals surface area contributed by atoms with Gasteiger partial charge in [0.1, 0.15) is 5.75 Å². The van der Waals surface area contributed by atoms with Gasteiger partial charge in [-0.3, -0.25) is 0 Å². The molecule has 0 aliphatic rings. The van der Waals surface area contributed by atoms with Crippen LogP contribution in [0.5, 0.6) is 5.75 Å². The molecule has 0 fully saturated rings. The van der Waals surface area contributed by atoms with Crippen LogP contribution >= 0.6 is 0 Å². The molecule has 66 valence electrons. The first-order valence-electron chi connectivity index (χ1n) is 4.14. The molecule has 1 N–H and O–H groups in total. The lowest BCUT2D eigenvalue weighted by atomic mass is 10.2. The van der Waals surface area contributed by atoms with Crippen LogP contribution in [0.2, 0.25) is 0 Å². The Bertz CT molecular complexity index is 233. The first-order valence-corrected chi connectivity index (χ1v) is 4.14. The molecule has 0 atom stereocenters. The molecule has 2 nitrogen and oxygen atoms in total. The summed E-state index contributed by atoms with van der Waals surface area (Å²) < 4.78 is 5.42. The summed E-state index contributed by atoms with van der Waals surface area (Å²) in [7, 11) is 0. The predicted molar refractivity (Wildman–Crippen MR) is 48.4 cm³/mol. The number of hydrogen-bond acceptors (Lipinski definition) is 2. The molecule has 0 saturated heterocycles. The minimum atomic E-state index is 0.186. The largest absolute Gasteiger partial charge is 0.493 e. The fourth-order valence-electron chi connectivity index (χ4n) is 0.965. The molecule has 0 unspecified atom stereocenters. The van der Waals surface area contributed by atoms with E-state index in [0.717, 1.165) is 11.3 Å². The van der Waals surface area contributed by atoms with Crippen molar-refractivity contribution in [2.45, 2.75) is 13.3 Å². The van der Waals surface area contributed by atoms with Crippen LogP contribution in [0.25, 0.3) is 0 Å². The number of ether oxygens (including phenoxy) is 1. The van der Waals surface area contributed by atoms with Gasteiger partial charge in [-0.1, -0.05) is 18.2 Å². The van der Waals surface area contributed by atoms with Crippen molar-refractivity contribution in [3.63, 3.8) is 0 Å². The van der Waals surface area contributed by atoms with Crippen molar-refractivity contribution in [1.82, 2.24) is 0 Å². The summed E-state index contributed by atoms with van der Waals surface area (Å²) in [5.41, 5.74) is 1.13. The average Bonchev–Trinajstić information content (AvgIpc) is 2.09. The highest BCUT2D eigenvalue weighted by Crippen LogP contribution is 2.15. The Labute approximate surface area is 72.8 Å². The van der Waals surface area contributed by atoms with Gasteiger partial charge in [-0.2, -0.15) is 0 Å². The monoisotopic (exact) mass is 166 g/mol. The van der Waals surface area contributed by atoms with Crippen LogP contribution in [-0.2, 0) is 0 Å². The van der Waals surface area contributed by atoms with Gasteiger partial charge in [0.15, 0.2) is 0 Å². The SMILES string of the molecule is Cc1ccccc1OCCCO. The van der Waals surface area contributed by atoms with Crippen molar-refractivity contribution in [3.8, 4) is 5.75 Å². The lowest BCUT2D eigenvalue weighted by Gasteiger charge is -2.06. The fraction of sp³-hybridized carbons (Fsp3) is 0.400. The lowest BCUT2D eigenvalue weighted by Crippen LogP contribution is -2.00. The second kappa shape index (κ2) is 4.78. The van der Waals surface area contributed by atoms with E-state index >= 15 is 0 Å². The summed E-state index contributed by atoms with van der Waals surface area (Å²) in [4.78, 5) is 0. The number of hydrogen-bond donors (Lipinski definition) is 1. The molecule has 0 aliphatic carbocycles. The molecule has 0 spiro atoms. The predicted octanol–water partition coefficient (Wildman–Crippen LogP) is 1.76. The lowest BCUT2D eigenvalue weighted by molar-refractivity contribution is 0.233. The van der Waals surface area contributed by atoms with E-state index < -0.39 is 0 Å². The highest BCUT2D eigenvalue weighted by Gasteiger charge is 1.95. The first kappa shape index (κ1) is 9.07. The summed E-state index contributed by atoms with van der Waals surface area (Å²) in [6, 6.07) is 7.87. The van der Waals surface area contributed by atoms with E-state index in [1.165, 1.54) is 0 Å². The van der Waals surface area contributed by atoms with Crippen LogP contribution in [0, 0.1) is 6.92 Å². The molecule has 0 aliphatic heterocycles. The van der Waals surface area contributed by atoms with E-state index in [1.54, 1.807) is 0 Å². The zero-order valence-corrected chi connectivity index (χ0v) is 7.29. The van der Waals surface area contributed by atoms with Crippen molar-refractivity contribution in [2.24, 2.45) is 0 Å². The molecule has 1 aromatic carbocycles. The summed E-state index contributed by atoms with van der Waals surface area (Å²) in [5.74, 6) is 0.908. The summed E-state index contributed by atoms with van der Waals surface area (Å²) in [6.45, 7) is 2.78. The summed E-state index contributed by atoms with van der Waals surface area (Å²) in [6.07, 6.45) is 0.689. The van der Waals surface area contributed by atoms with Gasteiger partial charge >= 0.3 is 0 Å². The van der Waals surface area contributed by atoms with E-state index in [1.807, 2.05) is 31.2 Å². The molecule has 0 saturated carbocycles. The van der Waals surface area contributed by atoms with E-state index in [2.05, 4.69) is 0 Å². The number of aliphatic hydroxyl groups excluding tert-OH is 1. The molecule has 0 amide bonds. The normalized spacial score (nSPS) is 9.83. The van der Waals surface area contributed by atoms with Gasteiger partial charge in [-0.05, 0) is 18.6 Å². The van der Waals surface area contributed by atoms with Gasteiger partial charge in [0.05, 0.1) is 6.61 Å². The van der Waals surface area contributed by atoms with Gasteiger partial charge in [0.25, 0.3) is 0 Å². The highest BCUT2D eigenvalue weighted by atomic mass is 16.5. The van der Waals surface area contributed by atoms with Crippen molar-refractivity contribution >= 4 is 0 Å². The van der Waals surface area contributed by atoms with Crippen molar-refractivity contribution < 1.29 is 9.84 Å². The third-order valence-electron chi connectivity index (χ3n) is 1.65. The standard InChI is InChI=1S/C10H14O2/c1-9-5-2-3-6-10(9)12-8-4-7-11/h2-3,5-6,11H,4,7-8H2,1H3. The Hall–Kier alpha value is -1.02. The van der Waals surface area contributed by atoms with Crippen molar-refractivity contribution in [2.75, 3.05) is 13.2 Å². The van der Waals surface area contributed by atoms with Gasteiger partial charge in [-0.25, -0.2) is 0 Å². The van der Waals surface area contributed by atoms with E-state index in [9.17, 15) is 0 Å². The number of aliphatic hydroxyl groups is 1. The van der Waals surface area contributed by atoms with Crippen molar-refractivity contribution in [1.29, 1.82) is 0 Å². The van der Waals surface area contributed by atoms with Crippen LogP contribution in [0.1, 0.15) is 12.0 Å². The number of para-hydroxylation sites is 1. The summed E-state index contributed by atoms with van der Waals surface area (Å²) in [5, 5.41) is 8.53. The molecule has 1 aromatic rings. The smallest absolute Gasteiger partial charge is 0.122 e. The third kappa shape index (κ3) is 2.55. The molecule has 2 heteroatoms. The van der Waals surface area contributed by atoms with Gasteiger partial charge < -0.3 is 9.84 Å². The number of rotatable bonds is 4. The number of aryl methyl sites for hydroxylation is 1. The Morgan fingerprint density at radius 2 is 2.08 bits per heavy atom. The van der Waals surface area contributed by atoms with E-state index in [4.69, 9.17) is 9.84 Å². The quantitative estimate of drug-likeness (QED) is 0.690. The number of benzene rings is 1. The maximum absolute atomic E-state index is 8.53. The zero-order valence-electron chi connectivity index (χ0n) is 7.29. The molecule has 0 radical (unpaired) electrons. The van der Waals surface area contributed by atoms with Crippen LogP contribution in [-0.4, -0.2) is 18.3 Å². The minimum Gasteiger partial charge on any atom is -0.493 e. The Kier molecular flexibility index (Phi) is 3.61. The van der Waals surface area contributed by atoms with Crippen LogP contribution in [0.15, 0.2) is 24.3 Å². The molecule has 1 rings (SSSR count). The molecule has 0 bridgehead atoms. The Balaban J connectivity index is 2.46. The second-order valence-corrected chi connectivity index (χ2v) is 2.69. The van der Waals surface area contributed by atoms with Crippen LogP contribution in [0.4, 0.5) is 0 Å².